The van der Waals surface area contributed by atoms with Crippen molar-refractivity contribution in [2.24, 2.45) is 0 Å². The predicted octanol–water partition coefficient (Wildman–Crippen LogP) is 4.79. The number of nitrogens with zero attached hydrogens (tertiary/aromatic N) is 2. The van der Waals surface area contributed by atoms with E-state index in [4.69, 9.17) is 0 Å². The molecule has 1 heterocycles. The highest BCUT2D eigenvalue weighted by molar-refractivity contribution is 5.99. The fourth-order valence-corrected chi connectivity index (χ4v) is 3.32. The zero-order chi connectivity index (χ0) is 21.7. The van der Waals surface area contributed by atoms with Gasteiger partial charge in [-0.15, -0.1) is 0 Å². The molecule has 1 N–H and O–H groups in total. The van der Waals surface area contributed by atoms with E-state index in [0.717, 1.165) is 35.5 Å². The summed E-state index contributed by atoms with van der Waals surface area (Å²) in [7, 11) is 0. The molecule has 2 amide bonds. The van der Waals surface area contributed by atoms with Crippen molar-refractivity contribution in [2.45, 2.75) is 39.8 Å². The Morgan fingerprint density at radius 1 is 1.17 bits per heavy atom. The molecule has 0 saturated carbocycles. The number of carbonyl (C=O) groups excluding carboxylic acids is 2. The summed E-state index contributed by atoms with van der Waals surface area (Å²) in [4.78, 5) is 25.2. The van der Waals surface area contributed by atoms with E-state index in [9.17, 15) is 14.0 Å². The summed E-state index contributed by atoms with van der Waals surface area (Å²) < 4.78 is 15.6. The number of benzene rings is 2. The molecule has 5 nitrogen and oxygen atoms in total. The van der Waals surface area contributed by atoms with Crippen molar-refractivity contribution in [1.82, 2.24) is 15.0 Å². The van der Waals surface area contributed by atoms with Gasteiger partial charge in [-0.1, -0.05) is 31.2 Å². The number of amides is 2. The largest absolute Gasteiger partial charge is 0.347 e. The fourth-order valence-electron chi connectivity index (χ4n) is 3.32. The van der Waals surface area contributed by atoms with Crippen molar-refractivity contribution < 1.29 is 14.0 Å². The zero-order valence-electron chi connectivity index (χ0n) is 17.4. The van der Waals surface area contributed by atoms with Gasteiger partial charge in [0.05, 0.1) is 0 Å². The number of para-hydroxylation sites is 1. The highest BCUT2D eigenvalue weighted by Gasteiger charge is 2.19. The van der Waals surface area contributed by atoms with Gasteiger partial charge in [0.15, 0.2) is 0 Å². The van der Waals surface area contributed by atoms with E-state index in [-0.39, 0.29) is 17.5 Å². The number of hydrogen-bond acceptors (Lipinski definition) is 2. The van der Waals surface area contributed by atoms with E-state index in [0.29, 0.717) is 0 Å². The highest BCUT2D eigenvalue weighted by Crippen LogP contribution is 2.23. The molecule has 3 rings (SSSR count). The van der Waals surface area contributed by atoms with Crippen LogP contribution in [0.3, 0.4) is 0 Å². The topological polar surface area (TPSA) is 54.3 Å². The van der Waals surface area contributed by atoms with Gasteiger partial charge in [-0.3, -0.25) is 15.0 Å². The van der Waals surface area contributed by atoms with Gasteiger partial charge in [0.2, 0.25) is 0 Å². The minimum atomic E-state index is -0.538. The third-order valence-electron chi connectivity index (χ3n) is 4.75. The molecule has 2 aromatic carbocycles. The van der Waals surface area contributed by atoms with E-state index in [1.807, 2.05) is 24.4 Å². The molecular weight excluding hydrogens is 381 g/mol. The maximum atomic E-state index is 13.4. The van der Waals surface area contributed by atoms with Crippen LogP contribution in [0.4, 0.5) is 4.39 Å². The van der Waals surface area contributed by atoms with Crippen molar-refractivity contribution in [3.05, 3.63) is 77.7 Å². The van der Waals surface area contributed by atoms with Crippen LogP contribution < -0.4 is 5.43 Å². The van der Waals surface area contributed by atoms with Crippen LogP contribution in [-0.2, 0) is 11.3 Å². The van der Waals surface area contributed by atoms with Gasteiger partial charge in [0, 0.05) is 46.9 Å². The van der Waals surface area contributed by atoms with Crippen molar-refractivity contribution in [1.29, 1.82) is 0 Å². The molecule has 0 radical (unpaired) electrons. The lowest BCUT2D eigenvalue weighted by Crippen LogP contribution is -2.49. The minimum Gasteiger partial charge on any atom is -0.347 e. The number of nitrogens with one attached hydrogen (secondary N) is 1. The van der Waals surface area contributed by atoms with Crippen molar-refractivity contribution in [3.8, 4) is 0 Å². The smallest absolute Gasteiger partial charge is 0.269 e. The van der Waals surface area contributed by atoms with E-state index >= 15 is 0 Å². The average Bonchev–Trinajstić information content (AvgIpc) is 3.08. The molecule has 0 aliphatic rings. The summed E-state index contributed by atoms with van der Waals surface area (Å²) in [6.45, 7) is 6.61. The van der Waals surface area contributed by atoms with Crippen molar-refractivity contribution in [3.63, 3.8) is 0 Å². The average molecular weight is 407 g/mol. The SMILES string of the molecule is CCCn1cc(C=CC(=O)N(NC(=O)c2cccc(F)c2)C(C)C)c2ccccc21. The Morgan fingerprint density at radius 3 is 2.63 bits per heavy atom. The summed E-state index contributed by atoms with van der Waals surface area (Å²) in [5.74, 6) is -1.40. The first-order valence-corrected chi connectivity index (χ1v) is 10.1. The molecule has 0 aliphatic carbocycles. The maximum absolute atomic E-state index is 13.4. The summed E-state index contributed by atoms with van der Waals surface area (Å²) in [6.07, 6.45) is 6.25. The second kappa shape index (κ2) is 9.39. The quantitative estimate of drug-likeness (QED) is 0.472. The molecular formula is C24H26FN3O2. The van der Waals surface area contributed by atoms with Crippen LogP contribution in [0.5, 0.6) is 0 Å². The minimum absolute atomic E-state index is 0.153. The van der Waals surface area contributed by atoms with Crippen LogP contribution in [0, 0.1) is 5.82 Å². The summed E-state index contributed by atoms with van der Waals surface area (Å²) >= 11 is 0. The molecule has 156 valence electrons. The lowest BCUT2D eigenvalue weighted by Gasteiger charge is -2.25. The molecule has 0 saturated heterocycles. The van der Waals surface area contributed by atoms with Crippen LogP contribution in [0.15, 0.2) is 60.8 Å². The van der Waals surface area contributed by atoms with Crippen molar-refractivity contribution >= 4 is 28.8 Å². The molecule has 0 unspecified atom stereocenters. The van der Waals surface area contributed by atoms with Crippen LogP contribution in [0.25, 0.3) is 17.0 Å². The zero-order valence-corrected chi connectivity index (χ0v) is 17.4. The molecule has 1 aromatic heterocycles. The highest BCUT2D eigenvalue weighted by atomic mass is 19.1. The third kappa shape index (κ3) is 4.76. The molecule has 0 atom stereocenters. The predicted molar refractivity (Wildman–Crippen MR) is 117 cm³/mol. The van der Waals surface area contributed by atoms with Crippen LogP contribution in [-0.4, -0.2) is 27.4 Å². The number of hydrazine groups is 1. The van der Waals surface area contributed by atoms with E-state index in [2.05, 4.69) is 23.0 Å². The first-order chi connectivity index (χ1) is 14.4. The number of halogens is 1. The first-order valence-electron chi connectivity index (χ1n) is 10.1. The van der Waals surface area contributed by atoms with Gasteiger partial charge in [-0.05, 0) is 50.6 Å². The third-order valence-corrected chi connectivity index (χ3v) is 4.75. The molecule has 3 aromatic rings. The number of carbonyl (C=O) groups is 2. The Morgan fingerprint density at radius 2 is 1.93 bits per heavy atom. The van der Waals surface area contributed by atoms with Gasteiger partial charge in [-0.25, -0.2) is 9.40 Å². The van der Waals surface area contributed by atoms with Crippen LogP contribution in [0.1, 0.15) is 43.1 Å². The molecule has 0 aliphatic heterocycles. The Kier molecular flexibility index (Phi) is 6.67. The summed E-state index contributed by atoms with van der Waals surface area (Å²) in [5.41, 5.74) is 4.79. The number of aryl methyl sites for hydroxylation is 1. The fraction of sp³-hybridized carbons (Fsp3) is 0.250. The molecule has 6 heteroatoms. The summed E-state index contributed by atoms with van der Waals surface area (Å²) in [6, 6.07) is 13.1. The standard InChI is InChI=1S/C24H26FN3O2/c1-4-14-27-16-19(21-10-5-6-11-22(21)27)12-13-23(29)28(17(2)3)26-24(30)18-8-7-9-20(25)15-18/h5-13,15-17H,4,14H2,1-3H3,(H,26,30). The number of aromatic nitrogens is 1. The van der Waals surface area contributed by atoms with Gasteiger partial charge >= 0.3 is 0 Å². The Hall–Kier alpha value is -3.41. The Bertz CT molecular complexity index is 1080. The van der Waals surface area contributed by atoms with E-state index in [1.165, 1.54) is 29.3 Å². The lowest BCUT2D eigenvalue weighted by atomic mass is 10.1. The normalized spacial score (nSPS) is 11.4. The number of rotatable bonds is 6. The van der Waals surface area contributed by atoms with Crippen molar-refractivity contribution in [2.75, 3.05) is 0 Å². The van der Waals surface area contributed by atoms with Crippen LogP contribution >= 0.6 is 0 Å². The van der Waals surface area contributed by atoms with Gasteiger partial charge < -0.3 is 4.57 Å². The second-order valence-electron chi connectivity index (χ2n) is 7.38. The molecule has 30 heavy (non-hydrogen) atoms. The van der Waals surface area contributed by atoms with Gasteiger partial charge in [0.1, 0.15) is 5.82 Å². The second-order valence-corrected chi connectivity index (χ2v) is 7.38. The molecule has 0 fully saturated rings. The Balaban J connectivity index is 1.81. The monoisotopic (exact) mass is 407 g/mol. The Labute approximate surface area is 175 Å². The lowest BCUT2D eigenvalue weighted by molar-refractivity contribution is -0.130. The van der Waals surface area contributed by atoms with Crippen LogP contribution in [0.2, 0.25) is 0 Å². The van der Waals surface area contributed by atoms with Gasteiger partial charge in [-0.2, -0.15) is 0 Å². The van der Waals surface area contributed by atoms with E-state index < -0.39 is 11.7 Å². The number of hydrogen-bond donors (Lipinski definition) is 1. The molecule has 0 spiro atoms. The van der Waals surface area contributed by atoms with Gasteiger partial charge in [0.25, 0.3) is 11.8 Å². The van der Waals surface area contributed by atoms with E-state index in [1.54, 1.807) is 19.9 Å². The number of fused-ring (bicyclic) bond motifs is 1. The molecule has 0 bridgehead atoms. The maximum Gasteiger partial charge on any atom is 0.269 e. The summed E-state index contributed by atoms with van der Waals surface area (Å²) in [5, 5.41) is 2.31. The first kappa shape index (κ1) is 21.3.